The van der Waals surface area contributed by atoms with E-state index < -0.39 is 72.1 Å². The Morgan fingerprint density at radius 3 is 0.425 bits per heavy atom. The number of carbonyl (C=O) groups excluding carboxylic acids is 6. The van der Waals surface area contributed by atoms with Crippen LogP contribution in [0.5, 0.6) is 34.5 Å². The van der Waals surface area contributed by atoms with Crippen molar-refractivity contribution >= 4 is 35.8 Å². The fourth-order valence-electron chi connectivity index (χ4n) is 5.82. The Bertz CT molecular complexity index is 2270. The van der Waals surface area contributed by atoms with Crippen molar-refractivity contribution in [2.45, 2.75) is 74.8 Å². The van der Waals surface area contributed by atoms with Gasteiger partial charge in [-0.05, 0) is 145 Å². The second kappa shape index (κ2) is 38.7. The van der Waals surface area contributed by atoms with Crippen LogP contribution in [0, 0.1) is 0 Å². The fourth-order valence-corrected chi connectivity index (χ4v) is 5.82. The summed E-state index contributed by atoms with van der Waals surface area (Å²) in [6, 6.07) is 31.3. The van der Waals surface area contributed by atoms with E-state index in [9.17, 15) is 59.4 Å². The van der Waals surface area contributed by atoms with Crippen LogP contribution >= 0.6 is 0 Å². The molecule has 80 heavy (non-hydrogen) atoms. The molecule has 0 saturated carbocycles. The molecule has 6 aromatic rings. The molecule has 0 aliphatic heterocycles. The van der Waals surface area contributed by atoms with Crippen molar-refractivity contribution in [3.63, 3.8) is 0 Å². The van der Waals surface area contributed by atoms with Gasteiger partial charge in [-0.1, -0.05) is 72.8 Å². The molecule has 0 aliphatic carbocycles. The summed E-state index contributed by atoms with van der Waals surface area (Å²) in [6.07, 6.45) is 1.27. The van der Waals surface area contributed by atoms with Crippen LogP contribution in [0.4, 0.5) is 0 Å². The Morgan fingerprint density at radius 1 is 0.263 bits per heavy atom. The number of benzene rings is 6. The Balaban J connectivity index is 0. The van der Waals surface area contributed by atoms with E-state index in [1.165, 1.54) is 72.8 Å². The van der Waals surface area contributed by atoms with E-state index in [0.717, 1.165) is 33.4 Å². The summed E-state index contributed by atoms with van der Waals surface area (Å²) in [5, 5.41) is 115. The predicted molar refractivity (Wildman–Crippen MR) is 275 cm³/mol. The number of hydrogen-bond acceptors (Lipinski definition) is 24. The van der Waals surface area contributed by atoms with Crippen molar-refractivity contribution in [3.8, 4) is 34.5 Å². The maximum Gasteiger partial charge on any atom is 0.115 e. The monoisotopic (exact) mass is 1150 g/mol. The second-order valence-electron chi connectivity index (χ2n) is 16.8. The van der Waals surface area contributed by atoms with Crippen molar-refractivity contribution in [2.75, 3.05) is 0 Å². The molecule has 1 radical (unpaired) electrons. The third-order valence-electron chi connectivity index (χ3n) is 10.2. The number of nitrogens with two attached hydrogens (primary N) is 6. The summed E-state index contributed by atoms with van der Waals surface area (Å²) < 4.78 is 0. The number of phenols is 6. The molecule has 6 aromatic carbocycles. The maximum absolute atomic E-state index is 10.3. The minimum absolute atomic E-state index is 0. The zero-order valence-corrected chi connectivity index (χ0v) is 44.5. The molecule has 0 aromatic heterocycles. The number of aromatic hydroxyl groups is 6. The van der Waals surface area contributed by atoms with Gasteiger partial charge in [-0.2, -0.15) is 0 Å². The van der Waals surface area contributed by atoms with Gasteiger partial charge in [-0.25, -0.2) is 0 Å². The normalized spacial score (nSPS) is 12.1. The first-order valence-electron chi connectivity index (χ1n) is 23.0. The first-order valence-corrected chi connectivity index (χ1v) is 23.0. The number of phenolic OH excluding ortho intramolecular Hbond substituents is 6. The first kappa shape index (κ1) is 73.3. The number of carbonyl (C=O) groups is 6. The van der Waals surface area contributed by atoms with Gasteiger partial charge in [0.2, 0.25) is 0 Å². The summed E-state index contributed by atoms with van der Waals surface area (Å²) >= 11 is 0. The number of aliphatic carboxylic acids is 6. The van der Waals surface area contributed by atoms with Crippen LogP contribution in [-0.4, -0.2) is 103 Å². The number of rotatable bonds is 18. The summed E-state index contributed by atoms with van der Waals surface area (Å²) in [7, 11) is 0. The average molecular weight is 1150 g/mol. The minimum atomic E-state index is -1.27. The molecule has 0 unspecified atom stereocenters. The van der Waals surface area contributed by atoms with E-state index in [0.29, 0.717) is 0 Å². The third-order valence-corrected chi connectivity index (χ3v) is 10.2. The molecule has 0 fully saturated rings. The van der Waals surface area contributed by atoms with Crippen LogP contribution in [0.25, 0.3) is 0 Å². The Hall–Kier alpha value is -8.76. The number of quaternary nitrogens is 1. The van der Waals surface area contributed by atoms with E-state index in [1.807, 2.05) is 0 Å². The molecule has 6 atom stereocenters. The first-order chi connectivity index (χ1) is 36.6. The maximum atomic E-state index is 10.3. The second-order valence-corrected chi connectivity index (χ2v) is 16.8. The zero-order chi connectivity index (χ0) is 59.1. The van der Waals surface area contributed by atoms with Crippen molar-refractivity contribution < 1.29 is 109 Å². The van der Waals surface area contributed by atoms with Gasteiger partial charge in [0, 0.05) is 54.8 Å². The van der Waals surface area contributed by atoms with Gasteiger partial charge in [0.05, 0.1) is 35.8 Å². The van der Waals surface area contributed by atoms with Crippen LogP contribution in [0.15, 0.2) is 146 Å². The van der Waals surface area contributed by atoms with Crippen molar-refractivity contribution in [3.05, 3.63) is 179 Å². The molecule has 26 heteroatoms. The van der Waals surface area contributed by atoms with Crippen LogP contribution in [-0.2, 0) is 85.8 Å². The summed E-state index contributed by atoms with van der Waals surface area (Å²) in [5.74, 6) is -6.76. The Labute approximate surface area is 471 Å². The average Bonchev–Trinajstić information content (AvgIpc) is 3.38. The molecule has 6 rings (SSSR count). The smallest absolute Gasteiger partial charge is 0.115 e. The molecule has 0 spiro atoms. The molecular weight excluding hydrogens is 1090 g/mol. The van der Waals surface area contributed by atoms with E-state index in [-0.39, 0.29) is 97.7 Å². The molecule has 0 heterocycles. The molecule has 0 bridgehead atoms. The standard InChI is InChI=1S/6C9H11NO3.H3N.V/c6*10-8(9(12)13)5-6-1-3-7(11)4-2-6;;/h6*1-4,8,11H,5,10H2,(H,12,13);1H3;/p-5/t6*8-;;/m000000../s1. The predicted octanol–water partition coefficient (Wildman–Crippen LogP) is -5.55. The topological polar surface area (TPSA) is 555 Å². The van der Waals surface area contributed by atoms with Gasteiger partial charge < -0.3 is 131 Å². The third kappa shape index (κ3) is 32.7. The molecule has 22 N–H and O–H groups in total. The van der Waals surface area contributed by atoms with Crippen molar-refractivity contribution in [1.82, 2.24) is 6.15 Å². The molecule has 0 aliphatic rings. The van der Waals surface area contributed by atoms with Crippen LogP contribution in [0.3, 0.4) is 0 Å². The van der Waals surface area contributed by atoms with Crippen molar-refractivity contribution in [2.24, 2.45) is 34.4 Å². The number of carboxylic acids is 6. The van der Waals surface area contributed by atoms with Crippen LogP contribution in [0.2, 0.25) is 0 Å². The van der Waals surface area contributed by atoms with Gasteiger partial charge in [0.25, 0.3) is 0 Å². The van der Waals surface area contributed by atoms with Crippen LogP contribution in [0.1, 0.15) is 33.4 Å². The Kier molecular flexibility index (Phi) is 35.5. The van der Waals surface area contributed by atoms with E-state index in [2.05, 4.69) is 0 Å². The van der Waals surface area contributed by atoms with Gasteiger partial charge in [0.15, 0.2) is 0 Å². The van der Waals surface area contributed by atoms with Gasteiger partial charge in [-0.3, -0.25) is 0 Å². The molecular formula is C54H64N7O18V-5. The minimum Gasteiger partial charge on any atom is -0.548 e. The van der Waals surface area contributed by atoms with Gasteiger partial charge >= 0.3 is 0 Å². The quantitative estimate of drug-likeness (QED) is 0.0382. The molecule has 0 amide bonds. The van der Waals surface area contributed by atoms with Crippen LogP contribution < -0.4 is 71.2 Å². The molecule has 25 nitrogen and oxygen atoms in total. The molecule has 433 valence electrons. The fraction of sp³-hybridized carbons (Fsp3) is 0.222. The van der Waals surface area contributed by atoms with E-state index >= 15 is 0 Å². The van der Waals surface area contributed by atoms with E-state index in [4.69, 9.17) is 65.0 Å². The number of carboxylic acid groups (broad SMARTS) is 6. The Morgan fingerprint density at radius 2 is 0.350 bits per heavy atom. The van der Waals surface area contributed by atoms with Gasteiger partial charge in [-0.15, -0.1) is 0 Å². The zero-order valence-electron chi connectivity index (χ0n) is 43.1. The number of hydrogen-bond donors (Lipinski definition) is 13. The summed E-state index contributed by atoms with van der Waals surface area (Å²) in [4.78, 5) is 61.7. The van der Waals surface area contributed by atoms with Gasteiger partial charge in [0.1, 0.15) is 34.5 Å². The van der Waals surface area contributed by atoms with E-state index in [1.54, 1.807) is 72.8 Å². The summed E-state index contributed by atoms with van der Waals surface area (Å²) in [5.41, 5.74) is 36.1. The SMILES string of the molecule is N[C@@H](Cc1ccc(O)cc1)C(=O)[O-].N[C@@H](Cc1ccc(O)cc1)C(=O)[O-].N[C@@H](Cc1ccc(O)cc1)C(=O)[O-].N[C@@H](Cc1ccc(O)cc1)C(=O)[O-].N[C@@H](Cc1ccc(O)cc1)C(=O)[O-].N[C@@H](Cc1ccc(O)cc1)C(=O)[O-].[NH4+].[V]. The largest absolute Gasteiger partial charge is 0.548 e. The van der Waals surface area contributed by atoms with Crippen molar-refractivity contribution in [1.29, 1.82) is 0 Å². The molecule has 0 saturated heterocycles. The summed E-state index contributed by atoms with van der Waals surface area (Å²) in [6.45, 7) is 0.